The summed E-state index contributed by atoms with van der Waals surface area (Å²) in [5.41, 5.74) is 4.33. The van der Waals surface area contributed by atoms with Crippen LogP contribution in [0.1, 0.15) is 74.1 Å². The Morgan fingerprint density at radius 1 is 0.490 bits per heavy atom. The zero-order chi connectivity index (χ0) is 34.9. The third kappa shape index (κ3) is 11.0. The number of rotatable bonds is 20. The Bertz CT molecular complexity index is 1450. The van der Waals surface area contributed by atoms with Gasteiger partial charge in [-0.05, 0) is 28.7 Å². The Kier molecular flexibility index (Phi) is 14.5. The Morgan fingerprint density at radius 2 is 0.882 bits per heavy atom. The first-order valence-electron chi connectivity index (χ1n) is 18.9. The van der Waals surface area contributed by atoms with Gasteiger partial charge >= 0.3 is 0 Å². The zero-order valence-corrected chi connectivity index (χ0v) is 30.0. The normalized spacial score (nSPS) is 23.4. The fourth-order valence-electron chi connectivity index (χ4n) is 6.93. The minimum atomic E-state index is -0.496. The predicted octanol–water partition coefficient (Wildman–Crippen LogP) is 8.81. The van der Waals surface area contributed by atoms with E-state index in [1.54, 1.807) is 0 Å². The molecule has 1 aliphatic carbocycles. The molecule has 6 atom stereocenters. The number of nitrogens with one attached hydrogen (secondary N) is 1. The van der Waals surface area contributed by atoms with Crippen LogP contribution in [0, 0.1) is 0 Å². The summed E-state index contributed by atoms with van der Waals surface area (Å²) in [6.45, 7) is 4.61. The van der Waals surface area contributed by atoms with Crippen molar-refractivity contribution >= 4 is 6.02 Å². The molecule has 4 aromatic carbocycles. The van der Waals surface area contributed by atoms with Crippen molar-refractivity contribution in [1.29, 1.82) is 0 Å². The SMILES string of the molecule is CCCCCCCCCN=C1N[C@H]2[C@@H](O1)[C@H](OCc1ccccc1)[C@@H](OCc1ccccc1)[C@H](OCc1ccccc1)[C@H]2OCc1ccccc1. The minimum Gasteiger partial charge on any atom is -0.457 e. The van der Waals surface area contributed by atoms with Gasteiger partial charge < -0.3 is 29.0 Å². The summed E-state index contributed by atoms with van der Waals surface area (Å²) in [5.74, 6) is 0. The number of amidine groups is 1. The summed E-state index contributed by atoms with van der Waals surface area (Å²) in [5, 5.41) is 3.64. The molecule has 0 bridgehead atoms. The zero-order valence-electron chi connectivity index (χ0n) is 30.0. The molecular weight excluding hydrogens is 636 g/mol. The van der Waals surface area contributed by atoms with E-state index in [1.165, 1.54) is 38.5 Å². The van der Waals surface area contributed by atoms with Gasteiger partial charge in [0.15, 0.2) is 6.10 Å². The Labute approximate surface area is 304 Å². The Balaban J connectivity index is 1.28. The molecule has 1 heterocycles. The molecule has 1 saturated heterocycles. The molecule has 0 unspecified atom stereocenters. The number of hydrogen-bond donors (Lipinski definition) is 1. The number of fused-ring (bicyclic) bond motifs is 1. The van der Waals surface area contributed by atoms with Crippen molar-refractivity contribution in [1.82, 2.24) is 5.32 Å². The third-order valence-electron chi connectivity index (χ3n) is 9.70. The predicted molar refractivity (Wildman–Crippen MR) is 202 cm³/mol. The molecule has 270 valence electrons. The topological polar surface area (TPSA) is 70.5 Å². The third-order valence-corrected chi connectivity index (χ3v) is 9.70. The maximum absolute atomic E-state index is 6.88. The molecule has 0 aromatic heterocycles. The maximum atomic E-state index is 6.88. The summed E-state index contributed by atoms with van der Waals surface area (Å²) in [7, 11) is 0. The van der Waals surface area contributed by atoms with Crippen LogP contribution in [0.15, 0.2) is 126 Å². The molecule has 6 rings (SSSR count). The van der Waals surface area contributed by atoms with Crippen molar-refractivity contribution < 1.29 is 23.7 Å². The van der Waals surface area contributed by atoms with Crippen LogP contribution in [0.2, 0.25) is 0 Å². The van der Waals surface area contributed by atoms with Crippen LogP contribution in [0.5, 0.6) is 0 Å². The molecule has 7 heteroatoms. The highest BCUT2D eigenvalue weighted by molar-refractivity contribution is 5.76. The van der Waals surface area contributed by atoms with Gasteiger partial charge in [-0.15, -0.1) is 0 Å². The number of hydrogen-bond acceptors (Lipinski definition) is 6. The van der Waals surface area contributed by atoms with Gasteiger partial charge in [0.05, 0.1) is 32.5 Å². The van der Waals surface area contributed by atoms with Gasteiger partial charge in [-0.2, -0.15) is 0 Å². The standard InChI is InChI=1S/C44H54N2O5/c1-2-3-4-5-6-7-20-29-45-44-46-38-39(47-30-34-21-12-8-13-22-34)41(48-31-35-23-14-9-15-24-35)43(50-33-37-27-18-11-19-28-37)42(40(38)51-44)49-32-36-25-16-10-17-26-36/h8-19,21-28,38-43H,2-7,20,29-33H2,1H3,(H,45,46)/t38-,39+,40-,41-,42+,43+/m1/s1. The molecule has 1 aliphatic heterocycles. The highest BCUT2D eigenvalue weighted by Crippen LogP contribution is 2.36. The van der Waals surface area contributed by atoms with Crippen molar-refractivity contribution in [2.45, 2.75) is 115 Å². The second kappa shape index (κ2) is 20.1. The number of nitrogens with zero attached hydrogens (tertiary/aromatic N) is 1. The fourth-order valence-corrected chi connectivity index (χ4v) is 6.93. The van der Waals surface area contributed by atoms with E-state index in [0.29, 0.717) is 39.0 Å². The molecule has 0 spiro atoms. The van der Waals surface area contributed by atoms with Crippen LogP contribution < -0.4 is 5.32 Å². The second-order valence-corrected chi connectivity index (χ2v) is 13.6. The first-order chi connectivity index (χ1) is 25.3. The van der Waals surface area contributed by atoms with Crippen LogP contribution in [0.4, 0.5) is 0 Å². The van der Waals surface area contributed by atoms with E-state index in [1.807, 2.05) is 72.8 Å². The molecule has 4 aromatic rings. The number of unbranched alkanes of at least 4 members (excludes halogenated alkanes) is 6. The van der Waals surface area contributed by atoms with Gasteiger partial charge in [0, 0.05) is 6.54 Å². The smallest absolute Gasteiger partial charge is 0.285 e. The van der Waals surface area contributed by atoms with E-state index in [0.717, 1.165) is 28.7 Å². The summed E-state index contributed by atoms with van der Waals surface area (Å²) in [6, 6.07) is 41.3. The van der Waals surface area contributed by atoms with Gasteiger partial charge in [-0.25, -0.2) is 4.99 Å². The minimum absolute atomic E-state index is 0.264. The number of benzene rings is 4. The van der Waals surface area contributed by atoms with E-state index < -0.39 is 30.5 Å². The highest BCUT2D eigenvalue weighted by Gasteiger charge is 2.58. The lowest BCUT2D eigenvalue weighted by Gasteiger charge is -2.46. The van der Waals surface area contributed by atoms with Crippen molar-refractivity contribution in [3.8, 4) is 0 Å². The van der Waals surface area contributed by atoms with Gasteiger partial charge in [-0.3, -0.25) is 0 Å². The maximum Gasteiger partial charge on any atom is 0.285 e. The number of ether oxygens (including phenoxy) is 5. The first-order valence-corrected chi connectivity index (χ1v) is 18.9. The Morgan fingerprint density at radius 3 is 1.35 bits per heavy atom. The van der Waals surface area contributed by atoms with E-state index in [-0.39, 0.29) is 6.04 Å². The largest absolute Gasteiger partial charge is 0.457 e. The lowest BCUT2D eigenvalue weighted by Crippen LogP contribution is -2.67. The number of aliphatic imine (C=N–C) groups is 1. The summed E-state index contributed by atoms with van der Waals surface area (Å²) < 4.78 is 34.1. The fraction of sp³-hybridized carbons (Fsp3) is 0.432. The lowest BCUT2D eigenvalue weighted by atomic mass is 9.82. The van der Waals surface area contributed by atoms with E-state index in [9.17, 15) is 0 Å². The quantitative estimate of drug-likeness (QED) is 0.0936. The monoisotopic (exact) mass is 690 g/mol. The molecule has 7 nitrogen and oxygen atoms in total. The van der Waals surface area contributed by atoms with Gasteiger partial charge in [0.2, 0.25) is 0 Å². The van der Waals surface area contributed by atoms with Crippen molar-refractivity contribution in [3.63, 3.8) is 0 Å². The molecule has 0 radical (unpaired) electrons. The summed E-state index contributed by atoms with van der Waals surface area (Å²) >= 11 is 0. The van der Waals surface area contributed by atoms with Crippen molar-refractivity contribution in [2.24, 2.45) is 4.99 Å². The van der Waals surface area contributed by atoms with Crippen LogP contribution in [-0.4, -0.2) is 49.1 Å². The Hall–Kier alpha value is -4.01. The summed E-state index contributed by atoms with van der Waals surface area (Å²) in [4.78, 5) is 4.91. The molecule has 2 aliphatic rings. The van der Waals surface area contributed by atoms with Crippen LogP contribution in [0.25, 0.3) is 0 Å². The molecule has 1 N–H and O–H groups in total. The summed E-state index contributed by atoms with van der Waals surface area (Å²) in [6.07, 6.45) is 6.38. The lowest BCUT2D eigenvalue weighted by molar-refractivity contribution is -0.240. The van der Waals surface area contributed by atoms with Gasteiger partial charge in [0.25, 0.3) is 6.02 Å². The molecule has 0 amide bonds. The average molecular weight is 691 g/mol. The molecular formula is C44H54N2O5. The van der Waals surface area contributed by atoms with Gasteiger partial charge in [-0.1, -0.05) is 167 Å². The highest BCUT2D eigenvalue weighted by atomic mass is 16.6. The van der Waals surface area contributed by atoms with E-state index in [2.05, 4.69) is 60.8 Å². The van der Waals surface area contributed by atoms with Gasteiger partial charge in [0.1, 0.15) is 24.4 Å². The average Bonchev–Trinajstić information content (AvgIpc) is 3.61. The van der Waals surface area contributed by atoms with Crippen LogP contribution in [0.3, 0.4) is 0 Å². The molecule has 1 saturated carbocycles. The van der Waals surface area contributed by atoms with Crippen LogP contribution >= 0.6 is 0 Å². The van der Waals surface area contributed by atoms with E-state index >= 15 is 0 Å². The van der Waals surface area contributed by atoms with Crippen LogP contribution in [-0.2, 0) is 50.1 Å². The van der Waals surface area contributed by atoms with E-state index in [4.69, 9.17) is 28.7 Å². The van der Waals surface area contributed by atoms with Crippen molar-refractivity contribution in [3.05, 3.63) is 144 Å². The molecule has 51 heavy (non-hydrogen) atoms. The first kappa shape index (κ1) is 36.8. The second-order valence-electron chi connectivity index (χ2n) is 13.6. The molecule has 2 fully saturated rings. The van der Waals surface area contributed by atoms with Crippen molar-refractivity contribution in [2.75, 3.05) is 6.54 Å².